The van der Waals surface area contributed by atoms with Crippen molar-refractivity contribution in [3.05, 3.63) is 89.9 Å². The number of hydrogen-bond acceptors (Lipinski definition) is 3. The molecule has 27 heavy (non-hydrogen) atoms. The molecule has 0 amide bonds. The van der Waals surface area contributed by atoms with Crippen LogP contribution in [0.5, 0.6) is 5.75 Å². The van der Waals surface area contributed by atoms with Gasteiger partial charge < -0.3 is 14.3 Å². The molecule has 1 aromatic heterocycles. The number of benzene rings is 3. The second-order valence-corrected chi connectivity index (χ2v) is 6.08. The highest BCUT2D eigenvalue weighted by atomic mass is 19.1. The zero-order valence-corrected chi connectivity index (χ0v) is 14.2. The Morgan fingerprint density at radius 3 is 2.63 bits per heavy atom. The molecular formula is C22H15FO4. The molecule has 0 aliphatic rings. The minimum Gasteiger partial charge on any atom is -0.489 e. The zero-order chi connectivity index (χ0) is 18.8. The molecule has 5 heteroatoms. The van der Waals surface area contributed by atoms with Gasteiger partial charge in [-0.05, 0) is 53.1 Å². The van der Waals surface area contributed by atoms with Crippen LogP contribution < -0.4 is 4.74 Å². The molecule has 0 atom stereocenters. The number of ether oxygens (including phenoxy) is 1. The van der Waals surface area contributed by atoms with Gasteiger partial charge in [0.1, 0.15) is 12.4 Å². The number of rotatable bonds is 5. The number of carbonyl (C=O) groups is 1. The lowest BCUT2D eigenvalue weighted by atomic mass is 10.0. The van der Waals surface area contributed by atoms with Crippen molar-refractivity contribution < 1.29 is 23.4 Å². The van der Waals surface area contributed by atoms with Gasteiger partial charge in [-0.15, -0.1) is 0 Å². The van der Waals surface area contributed by atoms with E-state index in [0.717, 1.165) is 16.7 Å². The predicted octanol–water partition coefficient (Wildman–Crippen LogP) is 5.52. The molecule has 0 aliphatic carbocycles. The summed E-state index contributed by atoms with van der Waals surface area (Å²) < 4.78 is 24.7. The molecule has 0 saturated heterocycles. The maximum Gasteiger partial charge on any atom is 0.335 e. The van der Waals surface area contributed by atoms with Crippen molar-refractivity contribution in [3.8, 4) is 16.9 Å². The number of carboxylic acids is 1. The zero-order valence-electron chi connectivity index (χ0n) is 14.2. The van der Waals surface area contributed by atoms with Gasteiger partial charge in [0.2, 0.25) is 0 Å². The van der Waals surface area contributed by atoms with Gasteiger partial charge in [0, 0.05) is 5.39 Å². The summed E-state index contributed by atoms with van der Waals surface area (Å²) in [6.45, 7) is 0.267. The number of carboxylic acid groups (broad SMARTS) is 1. The number of hydrogen-bond donors (Lipinski definition) is 1. The van der Waals surface area contributed by atoms with Crippen LogP contribution in [0.1, 0.15) is 15.9 Å². The van der Waals surface area contributed by atoms with Crippen molar-refractivity contribution in [1.82, 2.24) is 0 Å². The Hall–Kier alpha value is -3.60. The summed E-state index contributed by atoms with van der Waals surface area (Å²) >= 11 is 0. The molecular weight excluding hydrogens is 347 g/mol. The monoisotopic (exact) mass is 362 g/mol. The number of fused-ring (bicyclic) bond motifs is 1. The summed E-state index contributed by atoms with van der Waals surface area (Å²) in [5.41, 5.74) is 3.04. The topological polar surface area (TPSA) is 59.7 Å². The third-order valence-electron chi connectivity index (χ3n) is 4.31. The summed E-state index contributed by atoms with van der Waals surface area (Å²) in [4.78, 5) is 11.0. The second-order valence-electron chi connectivity index (χ2n) is 6.08. The van der Waals surface area contributed by atoms with Crippen molar-refractivity contribution in [1.29, 1.82) is 0 Å². The van der Waals surface area contributed by atoms with Crippen LogP contribution in [0.15, 0.2) is 77.4 Å². The van der Waals surface area contributed by atoms with E-state index in [9.17, 15) is 9.18 Å². The van der Waals surface area contributed by atoms with Gasteiger partial charge in [-0.2, -0.15) is 0 Å². The highest BCUT2D eigenvalue weighted by Crippen LogP contribution is 2.32. The Labute approximate surface area is 154 Å². The molecule has 4 rings (SSSR count). The third kappa shape index (κ3) is 3.40. The van der Waals surface area contributed by atoms with Gasteiger partial charge in [0.25, 0.3) is 0 Å². The molecule has 1 heterocycles. The molecule has 0 fully saturated rings. The lowest BCUT2D eigenvalue weighted by Crippen LogP contribution is -2.00. The fraction of sp³-hybridized carbons (Fsp3) is 0.0455. The van der Waals surface area contributed by atoms with E-state index < -0.39 is 5.97 Å². The Morgan fingerprint density at radius 2 is 1.85 bits per heavy atom. The van der Waals surface area contributed by atoms with Crippen LogP contribution in [0.3, 0.4) is 0 Å². The molecule has 134 valence electrons. The normalized spacial score (nSPS) is 10.9. The van der Waals surface area contributed by atoms with Crippen molar-refractivity contribution in [2.75, 3.05) is 0 Å². The van der Waals surface area contributed by atoms with E-state index in [1.54, 1.807) is 30.3 Å². The summed E-state index contributed by atoms with van der Waals surface area (Å²) in [5, 5.41) is 9.76. The number of aromatic carboxylic acids is 1. The van der Waals surface area contributed by atoms with Gasteiger partial charge in [-0.3, -0.25) is 0 Å². The molecule has 4 aromatic rings. The van der Waals surface area contributed by atoms with E-state index in [2.05, 4.69) is 0 Å². The van der Waals surface area contributed by atoms with Crippen molar-refractivity contribution in [3.63, 3.8) is 0 Å². The summed E-state index contributed by atoms with van der Waals surface area (Å²) in [6, 6.07) is 18.9. The number of furan rings is 1. The van der Waals surface area contributed by atoms with Gasteiger partial charge in [-0.1, -0.05) is 30.3 Å². The van der Waals surface area contributed by atoms with E-state index in [0.29, 0.717) is 11.1 Å². The van der Waals surface area contributed by atoms with Crippen molar-refractivity contribution >= 4 is 16.9 Å². The smallest absolute Gasteiger partial charge is 0.335 e. The highest BCUT2D eigenvalue weighted by Gasteiger charge is 2.10. The predicted molar refractivity (Wildman–Crippen MR) is 99.3 cm³/mol. The summed E-state index contributed by atoms with van der Waals surface area (Å²) in [5.74, 6) is -0.696. The third-order valence-corrected chi connectivity index (χ3v) is 4.31. The Kier molecular flexibility index (Phi) is 4.34. The number of halogens is 1. The van der Waals surface area contributed by atoms with E-state index >= 15 is 0 Å². The molecule has 1 N–H and O–H groups in total. The fourth-order valence-corrected chi connectivity index (χ4v) is 2.97. The van der Waals surface area contributed by atoms with Crippen LogP contribution in [-0.2, 0) is 6.61 Å². The van der Waals surface area contributed by atoms with Crippen LogP contribution in [0, 0.1) is 5.82 Å². The molecule has 0 bridgehead atoms. The Bertz CT molecular complexity index is 1110. The maximum atomic E-state index is 13.8. The molecule has 0 aliphatic heterocycles. The summed E-state index contributed by atoms with van der Waals surface area (Å²) in [7, 11) is 0. The first-order valence-corrected chi connectivity index (χ1v) is 8.33. The van der Waals surface area contributed by atoms with Crippen LogP contribution in [0.2, 0.25) is 0 Å². The van der Waals surface area contributed by atoms with E-state index in [4.69, 9.17) is 14.3 Å². The van der Waals surface area contributed by atoms with Crippen LogP contribution in [0.4, 0.5) is 4.39 Å². The largest absolute Gasteiger partial charge is 0.489 e. The first-order valence-electron chi connectivity index (χ1n) is 8.33. The molecule has 0 unspecified atom stereocenters. The molecule has 0 radical (unpaired) electrons. The van der Waals surface area contributed by atoms with Crippen LogP contribution in [-0.4, -0.2) is 11.1 Å². The van der Waals surface area contributed by atoms with Crippen molar-refractivity contribution in [2.45, 2.75) is 6.61 Å². The fourth-order valence-electron chi connectivity index (χ4n) is 2.97. The standard InChI is InChI=1S/C22H15FO4/c23-20-9-8-18(19-10-11-26-21(19)20)15-4-6-17(7-5-15)27-13-14-2-1-3-16(12-14)22(24)25/h1-12H,13H2,(H,24,25). The average Bonchev–Trinajstić information content (AvgIpc) is 3.18. The first kappa shape index (κ1) is 16.8. The van der Waals surface area contributed by atoms with Crippen LogP contribution in [0.25, 0.3) is 22.1 Å². The van der Waals surface area contributed by atoms with Gasteiger partial charge in [-0.25, -0.2) is 9.18 Å². The molecule has 3 aromatic carbocycles. The van der Waals surface area contributed by atoms with Gasteiger partial charge >= 0.3 is 5.97 Å². The van der Waals surface area contributed by atoms with E-state index in [1.165, 1.54) is 12.3 Å². The lowest BCUT2D eigenvalue weighted by molar-refractivity contribution is 0.0696. The van der Waals surface area contributed by atoms with Gasteiger partial charge in [0.15, 0.2) is 11.4 Å². The van der Waals surface area contributed by atoms with Crippen LogP contribution >= 0.6 is 0 Å². The first-order chi connectivity index (χ1) is 13.1. The minimum atomic E-state index is -0.967. The van der Waals surface area contributed by atoms with Gasteiger partial charge in [0.05, 0.1) is 11.8 Å². The Balaban J connectivity index is 1.52. The van der Waals surface area contributed by atoms with E-state index in [1.807, 2.05) is 30.3 Å². The van der Waals surface area contributed by atoms with Crippen molar-refractivity contribution in [2.24, 2.45) is 0 Å². The quantitative estimate of drug-likeness (QED) is 0.508. The summed E-state index contributed by atoms with van der Waals surface area (Å²) in [6.07, 6.45) is 1.47. The maximum absolute atomic E-state index is 13.8. The van der Waals surface area contributed by atoms with E-state index in [-0.39, 0.29) is 23.6 Å². The second kappa shape index (κ2) is 6.96. The SMILES string of the molecule is O=C(O)c1cccc(COc2ccc(-c3ccc(F)c4occc34)cc2)c1. The lowest BCUT2D eigenvalue weighted by Gasteiger charge is -2.09. The molecule has 4 nitrogen and oxygen atoms in total. The molecule has 0 spiro atoms. The molecule has 0 saturated carbocycles. The minimum absolute atomic E-state index is 0.229. The average molecular weight is 362 g/mol. The highest BCUT2D eigenvalue weighted by molar-refractivity contribution is 5.94. The Morgan fingerprint density at radius 1 is 1.04 bits per heavy atom.